The van der Waals surface area contributed by atoms with Crippen LogP contribution in [-0.4, -0.2) is 82.5 Å². The number of carbonyl (C=O) groups is 3. The molecular weight excluding hydrogens is 512 g/mol. The Morgan fingerprint density at radius 3 is 2.40 bits per heavy atom. The smallest absolute Gasteiger partial charge is 0.273 e. The molecule has 2 aromatic heterocycles. The first-order valence-corrected chi connectivity index (χ1v) is 13.3. The highest BCUT2D eigenvalue weighted by atomic mass is 16.5. The van der Waals surface area contributed by atoms with Gasteiger partial charge in [0.15, 0.2) is 11.5 Å². The lowest BCUT2D eigenvalue weighted by molar-refractivity contribution is -0.135. The molecule has 1 fully saturated rings. The Morgan fingerprint density at radius 1 is 1.05 bits per heavy atom. The third-order valence-corrected chi connectivity index (χ3v) is 7.67. The van der Waals surface area contributed by atoms with Crippen LogP contribution < -0.4 is 10.3 Å². The van der Waals surface area contributed by atoms with Crippen molar-refractivity contribution in [3.63, 3.8) is 0 Å². The zero-order valence-electron chi connectivity index (χ0n) is 22.6. The van der Waals surface area contributed by atoms with Gasteiger partial charge in [0.25, 0.3) is 11.5 Å². The molecule has 5 rings (SSSR count). The van der Waals surface area contributed by atoms with E-state index in [0.29, 0.717) is 41.6 Å². The fourth-order valence-electron chi connectivity index (χ4n) is 5.55. The number of ketones is 1. The normalized spacial score (nSPS) is 14.0. The number of nitrogens with zero attached hydrogens (tertiary/aromatic N) is 3. The quantitative estimate of drug-likeness (QED) is 0.329. The van der Waals surface area contributed by atoms with Gasteiger partial charge in [-0.1, -0.05) is 48.5 Å². The summed E-state index contributed by atoms with van der Waals surface area (Å²) in [5, 5.41) is 10.0. The second kappa shape index (κ2) is 11.4. The maximum Gasteiger partial charge on any atom is 0.273 e. The van der Waals surface area contributed by atoms with Crippen molar-refractivity contribution in [2.75, 3.05) is 40.4 Å². The number of fused-ring (bicyclic) bond motifs is 3. The number of carbonyl (C=O) groups excluding carboxylic acids is 3. The number of methoxy groups -OCH3 is 1. The molecule has 10 heteroatoms. The molecule has 0 atom stereocenters. The fourth-order valence-corrected chi connectivity index (χ4v) is 5.55. The van der Waals surface area contributed by atoms with Crippen molar-refractivity contribution < 1.29 is 24.2 Å². The number of Topliss-reactive ketones (excluding diaryl/α,β-unsaturated/α-hetero) is 1. The number of pyridine rings is 1. The SMILES string of the molecule is COc1c(C(=O)N(C)CC2CCN(C(=O)CO)CC2)[nH]c2c1c(=O)n(CC(=O)c1ccccc1)c1ccccc21. The van der Waals surface area contributed by atoms with Crippen LogP contribution in [0.1, 0.15) is 33.7 Å². The number of hydrogen-bond donors (Lipinski definition) is 2. The van der Waals surface area contributed by atoms with Gasteiger partial charge in [0, 0.05) is 37.6 Å². The zero-order valence-corrected chi connectivity index (χ0v) is 22.6. The van der Waals surface area contributed by atoms with E-state index in [0.717, 1.165) is 12.8 Å². The molecule has 208 valence electrons. The Bertz CT molecular complexity index is 1630. The maximum absolute atomic E-state index is 13.9. The molecule has 1 saturated heterocycles. The van der Waals surface area contributed by atoms with Crippen molar-refractivity contribution in [3.05, 3.63) is 76.2 Å². The summed E-state index contributed by atoms with van der Waals surface area (Å²) in [7, 11) is 3.12. The number of aliphatic hydroxyl groups excluding tert-OH is 1. The Labute approximate surface area is 230 Å². The summed E-state index contributed by atoms with van der Waals surface area (Å²) in [5.74, 6) is -0.475. The summed E-state index contributed by atoms with van der Waals surface area (Å²) < 4.78 is 7.08. The molecule has 0 saturated carbocycles. The molecule has 2 aromatic carbocycles. The van der Waals surface area contributed by atoms with Crippen LogP contribution in [0.25, 0.3) is 21.8 Å². The van der Waals surface area contributed by atoms with Gasteiger partial charge in [0.05, 0.1) is 24.7 Å². The minimum atomic E-state index is -0.500. The van der Waals surface area contributed by atoms with Crippen molar-refractivity contribution in [2.45, 2.75) is 19.4 Å². The molecule has 1 aliphatic heterocycles. The van der Waals surface area contributed by atoms with E-state index in [1.165, 1.54) is 11.7 Å². The van der Waals surface area contributed by atoms with Crippen LogP contribution in [0, 0.1) is 5.92 Å². The van der Waals surface area contributed by atoms with E-state index in [1.54, 1.807) is 53.2 Å². The number of amides is 2. The van der Waals surface area contributed by atoms with Crippen LogP contribution in [0.15, 0.2) is 59.4 Å². The van der Waals surface area contributed by atoms with E-state index in [1.807, 2.05) is 18.2 Å². The summed E-state index contributed by atoms with van der Waals surface area (Å²) >= 11 is 0. The summed E-state index contributed by atoms with van der Waals surface area (Å²) in [6, 6.07) is 16.1. The van der Waals surface area contributed by atoms with Gasteiger partial charge >= 0.3 is 0 Å². The summed E-state index contributed by atoms with van der Waals surface area (Å²) in [6.45, 7) is 0.882. The van der Waals surface area contributed by atoms with E-state index in [2.05, 4.69) is 4.98 Å². The molecule has 4 aromatic rings. The number of ether oxygens (including phenoxy) is 1. The first-order valence-electron chi connectivity index (χ1n) is 13.3. The molecule has 3 heterocycles. The summed E-state index contributed by atoms with van der Waals surface area (Å²) in [5.41, 5.74) is 1.30. The number of aliphatic hydroxyl groups is 1. The van der Waals surface area contributed by atoms with Gasteiger partial charge in [-0.2, -0.15) is 0 Å². The monoisotopic (exact) mass is 544 g/mol. The van der Waals surface area contributed by atoms with E-state index in [4.69, 9.17) is 9.84 Å². The first-order chi connectivity index (χ1) is 19.3. The van der Waals surface area contributed by atoms with E-state index in [9.17, 15) is 19.2 Å². The second-order valence-corrected chi connectivity index (χ2v) is 10.1. The Kier molecular flexibility index (Phi) is 7.70. The van der Waals surface area contributed by atoms with Gasteiger partial charge < -0.3 is 24.6 Å². The standard InChI is InChI=1S/C30H32N4O6/c1-32(16-19-12-14-33(15-13-19)24(37)18-35)30(39)27-28(40-2)25-26(31-27)21-10-6-7-11-22(21)34(29(25)38)17-23(36)20-8-4-3-5-9-20/h3-11,19,31,35H,12-18H2,1-2H3. The third-order valence-electron chi connectivity index (χ3n) is 7.67. The first kappa shape index (κ1) is 27.1. The lowest BCUT2D eigenvalue weighted by Gasteiger charge is -2.33. The zero-order chi connectivity index (χ0) is 28.4. The highest BCUT2D eigenvalue weighted by Crippen LogP contribution is 2.33. The number of aromatic nitrogens is 2. The highest BCUT2D eigenvalue weighted by Gasteiger charge is 2.29. The van der Waals surface area contributed by atoms with Crippen LogP contribution >= 0.6 is 0 Å². The number of H-pyrrole nitrogens is 1. The Morgan fingerprint density at radius 2 is 1.73 bits per heavy atom. The molecule has 0 aliphatic carbocycles. The lowest BCUT2D eigenvalue weighted by Crippen LogP contribution is -2.43. The molecular formula is C30H32N4O6. The number of piperidine rings is 1. The van der Waals surface area contributed by atoms with Gasteiger partial charge in [-0.25, -0.2) is 0 Å². The molecule has 2 N–H and O–H groups in total. The fraction of sp³-hybridized carbons (Fsp3) is 0.333. The van der Waals surface area contributed by atoms with Crippen LogP contribution in [-0.2, 0) is 11.3 Å². The second-order valence-electron chi connectivity index (χ2n) is 10.1. The van der Waals surface area contributed by atoms with Gasteiger partial charge in [0.1, 0.15) is 17.7 Å². The number of hydrogen-bond acceptors (Lipinski definition) is 6. The van der Waals surface area contributed by atoms with E-state index < -0.39 is 12.2 Å². The number of nitrogens with one attached hydrogen (secondary N) is 1. The van der Waals surface area contributed by atoms with Gasteiger partial charge in [0.2, 0.25) is 5.91 Å². The van der Waals surface area contributed by atoms with Crippen molar-refractivity contribution in [1.29, 1.82) is 0 Å². The number of aromatic amines is 1. The molecule has 1 aliphatic rings. The molecule has 40 heavy (non-hydrogen) atoms. The van der Waals surface area contributed by atoms with Gasteiger partial charge in [-0.3, -0.25) is 23.7 Å². The molecule has 0 spiro atoms. The molecule has 0 radical (unpaired) electrons. The minimum Gasteiger partial charge on any atom is -0.493 e. The molecule has 0 bridgehead atoms. The number of benzene rings is 2. The third kappa shape index (κ3) is 4.98. The Balaban J connectivity index is 1.49. The van der Waals surface area contributed by atoms with Gasteiger partial charge in [-0.05, 0) is 24.8 Å². The predicted octanol–water partition coefficient (Wildman–Crippen LogP) is 2.68. The number of para-hydroxylation sites is 1. The van der Waals surface area contributed by atoms with Crippen molar-refractivity contribution in [2.24, 2.45) is 5.92 Å². The Hall–Kier alpha value is -4.44. The van der Waals surface area contributed by atoms with Gasteiger partial charge in [-0.15, -0.1) is 0 Å². The molecule has 0 unspecified atom stereocenters. The lowest BCUT2D eigenvalue weighted by atomic mass is 9.96. The number of rotatable bonds is 8. The minimum absolute atomic E-state index is 0.145. The maximum atomic E-state index is 13.9. The molecule has 10 nitrogen and oxygen atoms in total. The van der Waals surface area contributed by atoms with Crippen LogP contribution in [0.2, 0.25) is 0 Å². The summed E-state index contributed by atoms with van der Waals surface area (Å²) in [4.78, 5) is 58.7. The number of likely N-dealkylation sites (tertiary alicyclic amines) is 1. The summed E-state index contributed by atoms with van der Waals surface area (Å²) in [6.07, 6.45) is 1.44. The van der Waals surface area contributed by atoms with E-state index in [-0.39, 0.29) is 46.9 Å². The van der Waals surface area contributed by atoms with Crippen LogP contribution in [0.5, 0.6) is 5.75 Å². The molecule has 2 amide bonds. The topological polar surface area (TPSA) is 125 Å². The van der Waals surface area contributed by atoms with Crippen molar-refractivity contribution >= 4 is 39.4 Å². The average Bonchev–Trinajstić information content (AvgIpc) is 3.39. The van der Waals surface area contributed by atoms with Crippen molar-refractivity contribution in [3.8, 4) is 5.75 Å². The largest absolute Gasteiger partial charge is 0.493 e. The average molecular weight is 545 g/mol. The van der Waals surface area contributed by atoms with Crippen molar-refractivity contribution in [1.82, 2.24) is 19.4 Å². The highest BCUT2D eigenvalue weighted by molar-refractivity contribution is 6.11. The van der Waals surface area contributed by atoms with E-state index >= 15 is 0 Å². The predicted molar refractivity (Wildman–Crippen MR) is 151 cm³/mol. The van der Waals surface area contributed by atoms with Crippen LogP contribution in [0.3, 0.4) is 0 Å². The van der Waals surface area contributed by atoms with Crippen LogP contribution in [0.4, 0.5) is 0 Å².